The third-order valence-corrected chi connectivity index (χ3v) is 3.81. The highest BCUT2D eigenvalue weighted by Crippen LogP contribution is 2.37. The standard InChI is InChI=1S/C13H20N4O2/c1-8-7-10(19-3)16-12(15-8)17-11(18)13(2)6-4-5-9(13)14/h7,9H,4-6,14H2,1-3H3,(H,15,16,17,18). The van der Waals surface area contributed by atoms with Gasteiger partial charge in [-0.1, -0.05) is 6.42 Å². The van der Waals surface area contributed by atoms with Crippen molar-refractivity contribution in [2.24, 2.45) is 11.1 Å². The highest BCUT2D eigenvalue weighted by molar-refractivity contribution is 5.94. The molecule has 3 N–H and O–H groups in total. The number of methoxy groups -OCH3 is 1. The maximum absolute atomic E-state index is 12.3. The van der Waals surface area contributed by atoms with Crippen molar-refractivity contribution in [3.05, 3.63) is 11.8 Å². The fourth-order valence-corrected chi connectivity index (χ4v) is 2.42. The van der Waals surface area contributed by atoms with Gasteiger partial charge in [-0.15, -0.1) is 0 Å². The second-order valence-electron chi connectivity index (χ2n) is 5.25. The van der Waals surface area contributed by atoms with Crippen molar-refractivity contribution in [1.82, 2.24) is 9.97 Å². The second kappa shape index (κ2) is 5.13. The Balaban J connectivity index is 2.17. The summed E-state index contributed by atoms with van der Waals surface area (Å²) < 4.78 is 5.06. The summed E-state index contributed by atoms with van der Waals surface area (Å²) in [6.07, 6.45) is 2.65. The molecule has 1 fully saturated rings. The number of rotatable bonds is 3. The molecule has 1 aliphatic rings. The first-order valence-corrected chi connectivity index (χ1v) is 6.42. The van der Waals surface area contributed by atoms with Crippen LogP contribution in [0.2, 0.25) is 0 Å². The molecule has 6 heteroatoms. The molecule has 0 spiro atoms. The van der Waals surface area contributed by atoms with E-state index in [2.05, 4.69) is 15.3 Å². The zero-order valence-corrected chi connectivity index (χ0v) is 11.6. The van der Waals surface area contributed by atoms with Gasteiger partial charge >= 0.3 is 0 Å². The third-order valence-electron chi connectivity index (χ3n) is 3.81. The number of hydrogen-bond donors (Lipinski definition) is 2. The minimum absolute atomic E-state index is 0.112. The molecule has 0 radical (unpaired) electrons. The third kappa shape index (κ3) is 2.68. The van der Waals surface area contributed by atoms with E-state index in [0.29, 0.717) is 5.88 Å². The summed E-state index contributed by atoms with van der Waals surface area (Å²) in [7, 11) is 1.53. The van der Waals surface area contributed by atoms with Crippen LogP contribution in [0, 0.1) is 12.3 Å². The Bertz CT molecular complexity index is 492. The first-order valence-electron chi connectivity index (χ1n) is 6.42. The molecule has 2 rings (SSSR count). The topological polar surface area (TPSA) is 90.1 Å². The van der Waals surface area contributed by atoms with Crippen LogP contribution in [0.5, 0.6) is 5.88 Å². The zero-order chi connectivity index (χ0) is 14.0. The summed E-state index contributed by atoms with van der Waals surface area (Å²) in [5, 5.41) is 2.75. The van der Waals surface area contributed by atoms with E-state index in [1.165, 1.54) is 7.11 Å². The highest BCUT2D eigenvalue weighted by Gasteiger charge is 2.43. The Hall–Kier alpha value is -1.69. The molecular formula is C13H20N4O2. The lowest BCUT2D eigenvalue weighted by atomic mass is 9.84. The van der Waals surface area contributed by atoms with Gasteiger partial charge in [0.25, 0.3) is 0 Å². The van der Waals surface area contributed by atoms with Crippen LogP contribution in [0.1, 0.15) is 31.9 Å². The number of carbonyl (C=O) groups is 1. The Kier molecular flexibility index (Phi) is 3.71. The van der Waals surface area contributed by atoms with Crippen molar-refractivity contribution < 1.29 is 9.53 Å². The highest BCUT2D eigenvalue weighted by atomic mass is 16.5. The van der Waals surface area contributed by atoms with Crippen LogP contribution in [0.25, 0.3) is 0 Å². The molecule has 6 nitrogen and oxygen atoms in total. The number of nitrogens with zero attached hydrogens (tertiary/aromatic N) is 2. The number of nitrogens with two attached hydrogens (primary N) is 1. The van der Waals surface area contributed by atoms with E-state index in [9.17, 15) is 4.79 Å². The summed E-state index contributed by atoms with van der Waals surface area (Å²) in [6.45, 7) is 3.72. The number of anilines is 1. The molecule has 0 aliphatic heterocycles. The Morgan fingerprint density at radius 3 is 2.89 bits per heavy atom. The van der Waals surface area contributed by atoms with Crippen molar-refractivity contribution in [1.29, 1.82) is 0 Å². The van der Waals surface area contributed by atoms with Gasteiger partial charge in [-0.3, -0.25) is 10.1 Å². The van der Waals surface area contributed by atoms with Crippen LogP contribution in [0.3, 0.4) is 0 Å². The van der Waals surface area contributed by atoms with Gasteiger partial charge in [-0.05, 0) is 26.7 Å². The van der Waals surface area contributed by atoms with E-state index in [0.717, 1.165) is 25.0 Å². The SMILES string of the molecule is COc1cc(C)nc(NC(=O)C2(C)CCCC2N)n1. The van der Waals surface area contributed by atoms with E-state index in [1.807, 2.05) is 13.8 Å². The molecular weight excluding hydrogens is 244 g/mol. The monoisotopic (exact) mass is 264 g/mol. The quantitative estimate of drug-likeness (QED) is 0.857. The molecule has 0 aromatic carbocycles. The maximum atomic E-state index is 12.3. The number of nitrogens with one attached hydrogen (secondary N) is 1. The molecule has 2 atom stereocenters. The molecule has 1 aromatic rings. The van der Waals surface area contributed by atoms with Gasteiger partial charge < -0.3 is 10.5 Å². The average molecular weight is 264 g/mol. The van der Waals surface area contributed by atoms with Crippen LogP contribution >= 0.6 is 0 Å². The minimum Gasteiger partial charge on any atom is -0.481 e. The number of hydrogen-bond acceptors (Lipinski definition) is 5. The van der Waals surface area contributed by atoms with E-state index < -0.39 is 5.41 Å². The smallest absolute Gasteiger partial charge is 0.234 e. The number of ether oxygens (including phenoxy) is 1. The summed E-state index contributed by atoms with van der Waals surface area (Å²) in [4.78, 5) is 20.6. The largest absolute Gasteiger partial charge is 0.481 e. The van der Waals surface area contributed by atoms with Crippen LogP contribution in [-0.2, 0) is 4.79 Å². The predicted molar refractivity (Wildman–Crippen MR) is 71.9 cm³/mol. The van der Waals surface area contributed by atoms with Gasteiger partial charge in [0.1, 0.15) is 0 Å². The van der Waals surface area contributed by atoms with Gasteiger partial charge in [0, 0.05) is 17.8 Å². The Labute approximate surface area is 112 Å². The molecule has 104 valence electrons. The molecule has 0 bridgehead atoms. The van der Waals surface area contributed by atoms with E-state index in [4.69, 9.17) is 10.5 Å². The van der Waals surface area contributed by atoms with E-state index in [-0.39, 0.29) is 17.9 Å². The van der Waals surface area contributed by atoms with Crippen molar-refractivity contribution in [2.45, 2.75) is 39.2 Å². The van der Waals surface area contributed by atoms with Crippen molar-refractivity contribution >= 4 is 11.9 Å². The lowest BCUT2D eigenvalue weighted by Gasteiger charge is -2.27. The molecule has 2 unspecified atom stereocenters. The average Bonchev–Trinajstić information content (AvgIpc) is 2.70. The molecule has 1 saturated carbocycles. The van der Waals surface area contributed by atoms with Crippen molar-refractivity contribution in [3.8, 4) is 5.88 Å². The summed E-state index contributed by atoms with van der Waals surface area (Å²) in [5.74, 6) is 0.580. The van der Waals surface area contributed by atoms with Crippen LogP contribution < -0.4 is 15.8 Å². The fraction of sp³-hybridized carbons (Fsp3) is 0.615. The zero-order valence-electron chi connectivity index (χ0n) is 11.6. The number of aryl methyl sites for hydroxylation is 1. The number of aromatic nitrogens is 2. The van der Waals surface area contributed by atoms with Gasteiger partial charge in [0.2, 0.25) is 17.7 Å². The van der Waals surface area contributed by atoms with Gasteiger partial charge in [-0.2, -0.15) is 4.98 Å². The van der Waals surface area contributed by atoms with Crippen molar-refractivity contribution in [3.63, 3.8) is 0 Å². The fourth-order valence-electron chi connectivity index (χ4n) is 2.42. The number of carbonyl (C=O) groups excluding carboxylic acids is 1. The summed E-state index contributed by atoms with van der Waals surface area (Å²) >= 11 is 0. The van der Waals surface area contributed by atoms with Crippen LogP contribution in [0.4, 0.5) is 5.95 Å². The molecule has 1 amide bonds. The summed E-state index contributed by atoms with van der Waals surface area (Å²) in [5.41, 5.74) is 6.23. The summed E-state index contributed by atoms with van der Waals surface area (Å²) in [6, 6.07) is 1.60. The Morgan fingerprint density at radius 2 is 2.32 bits per heavy atom. The molecule has 19 heavy (non-hydrogen) atoms. The molecule has 1 aliphatic carbocycles. The van der Waals surface area contributed by atoms with Gasteiger partial charge in [0.15, 0.2) is 0 Å². The number of amides is 1. The molecule has 0 saturated heterocycles. The maximum Gasteiger partial charge on any atom is 0.234 e. The lowest BCUT2D eigenvalue weighted by molar-refractivity contribution is -0.125. The van der Waals surface area contributed by atoms with E-state index >= 15 is 0 Å². The normalized spacial score (nSPS) is 26.2. The minimum atomic E-state index is -0.541. The first kappa shape index (κ1) is 13.7. The van der Waals surface area contributed by atoms with Gasteiger partial charge in [0.05, 0.1) is 12.5 Å². The van der Waals surface area contributed by atoms with Crippen LogP contribution in [-0.4, -0.2) is 29.0 Å². The Morgan fingerprint density at radius 1 is 1.58 bits per heavy atom. The van der Waals surface area contributed by atoms with Crippen molar-refractivity contribution in [2.75, 3.05) is 12.4 Å². The lowest BCUT2D eigenvalue weighted by Crippen LogP contribution is -2.44. The molecule has 1 heterocycles. The second-order valence-corrected chi connectivity index (χ2v) is 5.25. The predicted octanol–water partition coefficient (Wildman–Crippen LogP) is 1.25. The van der Waals surface area contributed by atoms with E-state index in [1.54, 1.807) is 6.07 Å². The van der Waals surface area contributed by atoms with Crippen LogP contribution in [0.15, 0.2) is 6.07 Å². The van der Waals surface area contributed by atoms with Gasteiger partial charge in [-0.25, -0.2) is 4.98 Å². The molecule has 1 aromatic heterocycles. The first-order chi connectivity index (χ1) is 8.95.